The number of halogens is 3. The van der Waals surface area contributed by atoms with Crippen molar-refractivity contribution < 1.29 is 17.6 Å². The zero-order valence-electron chi connectivity index (χ0n) is 9.00. The fraction of sp³-hybridized carbons (Fsp3) is 0.600. The van der Waals surface area contributed by atoms with E-state index in [-0.39, 0.29) is 13.1 Å². The Hall–Kier alpha value is -1.01. The molecular formula is C10H15F3N2O. The maximum atomic E-state index is 12.3. The molecule has 6 heteroatoms. The second-order valence-electron chi connectivity index (χ2n) is 3.45. The molecule has 92 valence electrons. The normalized spacial score (nSPS) is 14.4. The lowest BCUT2D eigenvalue weighted by molar-refractivity contribution is -0.151. The Balaban J connectivity index is 2.77. The van der Waals surface area contributed by atoms with Crippen molar-refractivity contribution in [3.05, 3.63) is 24.2 Å². The Morgan fingerprint density at radius 2 is 2.19 bits per heavy atom. The molecule has 0 saturated heterocycles. The Bertz CT molecular complexity index is 298. The number of nitrogens with zero attached hydrogens (tertiary/aromatic N) is 1. The van der Waals surface area contributed by atoms with Gasteiger partial charge in [-0.15, -0.1) is 0 Å². The Kier molecular flexibility index (Phi) is 4.37. The van der Waals surface area contributed by atoms with Crippen LogP contribution < -0.4 is 5.73 Å². The fourth-order valence-corrected chi connectivity index (χ4v) is 1.60. The predicted molar refractivity (Wildman–Crippen MR) is 53.8 cm³/mol. The molecule has 0 amide bonds. The third-order valence-corrected chi connectivity index (χ3v) is 2.32. The van der Waals surface area contributed by atoms with Crippen LogP contribution in [0, 0.1) is 0 Å². The predicted octanol–water partition coefficient (Wildman–Crippen LogP) is 2.16. The number of likely N-dealkylation sites (N-methyl/N-ethyl adjacent to an activating group) is 1. The largest absolute Gasteiger partial charge is 0.468 e. The Morgan fingerprint density at radius 3 is 2.56 bits per heavy atom. The average molecular weight is 236 g/mol. The molecule has 1 aromatic rings. The molecule has 2 N–H and O–H groups in total. The highest BCUT2D eigenvalue weighted by atomic mass is 19.4. The zero-order valence-corrected chi connectivity index (χ0v) is 9.00. The molecule has 16 heavy (non-hydrogen) atoms. The molecule has 0 aliphatic carbocycles. The van der Waals surface area contributed by atoms with Crippen LogP contribution in [0.25, 0.3) is 0 Å². The molecule has 1 heterocycles. The third-order valence-electron chi connectivity index (χ3n) is 2.32. The van der Waals surface area contributed by atoms with E-state index in [9.17, 15) is 13.2 Å². The summed E-state index contributed by atoms with van der Waals surface area (Å²) in [6.45, 7) is 1.04. The van der Waals surface area contributed by atoms with Crippen molar-refractivity contribution in [2.75, 3.05) is 19.6 Å². The average Bonchev–Trinajstić information content (AvgIpc) is 2.68. The molecule has 1 atom stereocenters. The van der Waals surface area contributed by atoms with Crippen LogP contribution in [-0.2, 0) is 0 Å². The standard InChI is InChI=1S/C10H15F3N2O/c1-2-15(7-10(11,12)13)8(6-14)9-4-3-5-16-9/h3-5,8H,2,6-7,14H2,1H3. The van der Waals surface area contributed by atoms with Crippen molar-refractivity contribution in [1.82, 2.24) is 4.90 Å². The number of rotatable bonds is 5. The van der Waals surface area contributed by atoms with Crippen LogP contribution in [0.2, 0.25) is 0 Å². The summed E-state index contributed by atoms with van der Waals surface area (Å²) < 4.78 is 42.0. The number of furan rings is 1. The number of hydrogen-bond donors (Lipinski definition) is 1. The summed E-state index contributed by atoms with van der Waals surface area (Å²) in [7, 11) is 0. The first-order chi connectivity index (χ1) is 7.48. The SMILES string of the molecule is CCN(CC(F)(F)F)C(CN)c1ccco1. The fourth-order valence-electron chi connectivity index (χ4n) is 1.60. The summed E-state index contributed by atoms with van der Waals surface area (Å²) in [4.78, 5) is 1.25. The number of alkyl halides is 3. The van der Waals surface area contributed by atoms with Gasteiger partial charge in [0.25, 0.3) is 0 Å². The van der Waals surface area contributed by atoms with E-state index in [2.05, 4.69) is 0 Å². The molecule has 0 bridgehead atoms. The van der Waals surface area contributed by atoms with Crippen LogP contribution in [0.4, 0.5) is 13.2 Å². The second-order valence-corrected chi connectivity index (χ2v) is 3.45. The molecule has 1 rings (SSSR count). The van der Waals surface area contributed by atoms with Gasteiger partial charge < -0.3 is 10.2 Å². The molecular weight excluding hydrogens is 221 g/mol. The molecule has 0 fully saturated rings. The van der Waals surface area contributed by atoms with Gasteiger partial charge in [0, 0.05) is 6.54 Å². The minimum absolute atomic E-state index is 0.0947. The Morgan fingerprint density at radius 1 is 1.50 bits per heavy atom. The summed E-state index contributed by atoms with van der Waals surface area (Å²) in [6, 6.07) is 2.75. The van der Waals surface area contributed by atoms with Crippen molar-refractivity contribution in [3.8, 4) is 0 Å². The molecule has 1 unspecified atom stereocenters. The summed E-state index contributed by atoms with van der Waals surface area (Å²) in [5.41, 5.74) is 5.49. The van der Waals surface area contributed by atoms with Crippen LogP contribution in [0.15, 0.2) is 22.8 Å². The summed E-state index contributed by atoms with van der Waals surface area (Å²) in [5, 5.41) is 0. The lowest BCUT2D eigenvalue weighted by atomic mass is 10.2. The van der Waals surface area contributed by atoms with Crippen LogP contribution in [-0.4, -0.2) is 30.7 Å². The minimum Gasteiger partial charge on any atom is -0.468 e. The molecule has 0 spiro atoms. The number of hydrogen-bond acceptors (Lipinski definition) is 3. The summed E-state index contributed by atoms with van der Waals surface area (Å²) in [6.07, 6.45) is -2.80. The van der Waals surface area contributed by atoms with Gasteiger partial charge >= 0.3 is 6.18 Å². The highest BCUT2D eigenvalue weighted by molar-refractivity contribution is 5.05. The van der Waals surface area contributed by atoms with E-state index < -0.39 is 18.8 Å². The van der Waals surface area contributed by atoms with Gasteiger partial charge in [-0.2, -0.15) is 13.2 Å². The molecule has 3 nitrogen and oxygen atoms in total. The van der Waals surface area contributed by atoms with Gasteiger partial charge in [0.2, 0.25) is 0 Å². The van der Waals surface area contributed by atoms with Crippen LogP contribution in [0.3, 0.4) is 0 Å². The molecule has 0 saturated carbocycles. The van der Waals surface area contributed by atoms with E-state index in [1.165, 1.54) is 11.2 Å². The van der Waals surface area contributed by atoms with E-state index in [0.717, 1.165) is 0 Å². The van der Waals surface area contributed by atoms with Crippen LogP contribution >= 0.6 is 0 Å². The van der Waals surface area contributed by atoms with Gasteiger partial charge in [0.1, 0.15) is 5.76 Å². The monoisotopic (exact) mass is 236 g/mol. The van der Waals surface area contributed by atoms with Gasteiger partial charge in [-0.05, 0) is 18.7 Å². The maximum absolute atomic E-state index is 12.3. The molecule has 0 aliphatic heterocycles. The van der Waals surface area contributed by atoms with Gasteiger partial charge in [-0.25, -0.2) is 0 Å². The molecule has 0 aromatic carbocycles. The molecule has 0 aliphatic rings. The lowest BCUT2D eigenvalue weighted by Crippen LogP contribution is -2.39. The van der Waals surface area contributed by atoms with Crippen molar-refractivity contribution in [2.45, 2.75) is 19.1 Å². The van der Waals surface area contributed by atoms with E-state index >= 15 is 0 Å². The minimum atomic E-state index is -4.23. The van der Waals surface area contributed by atoms with Crippen molar-refractivity contribution in [3.63, 3.8) is 0 Å². The van der Waals surface area contributed by atoms with Crippen molar-refractivity contribution in [2.24, 2.45) is 5.73 Å². The maximum Gasteiger partial charge on any atom is 0.401 e. The first kappa shape index (κ1) is 13.1. The first-order valence-electron chi connectivity index (χ1n) is 5.02. The highest BCUT2D eigenvalue weighted by Gasteiger charge is 2.33. The van der Waals surface area contributed by atoms with Crippen LogP contribution in [0.5, 0.6) is 0 Å². The van der Waals surface area contributed by atoms with E-state index in [1.54, 1.807) is 19.1 Å². The third kappa shape index (κ3) is 3.53. The van der Waals surface area contributed by atoms with Crippen LogP contribution in [0.1, 0.15) is 18.7 Å². The summed E-state index contributed by atoms with van der Waals surface area (Å²) >= 11 is 0. The van der Waals surface area contributed by atoms with Crippen molar-refractivity contribution in [1.29, 1.82) is 0 Å². The molecule has 1 aromatic heterocycles. The first-order valence-corrected chi connectivity index (χ1v) is 5.02. The van der Waals surface area contributed by atoms with E-state index in [1.807, 2.05) is 0 Å². The number of nitrogens with two attached hydrogens (primary N) is 1. The van der Waals surface area contributed by atoms with Crippen molar-refractivity contribution >= 4 is 0 Å². The lowest BCUT2D eigenvalue weighted by Gasteiger charge is -2.28. The smallest absolute Gasteiger partial charge is 0.401 e. The highest BCUT2D eigenvalue weighted by Crippen LogP contribution is 2.25. The molecule has 0 radical (unpaired) electrons. The van der Waals surface area contributed by atoms with Gasteiger partial charge in [0.05, 0.1) is 18.8 Å². The quantitative estimate of drug-likeness (QED) is 0.851. The van der Waals surface area contributed by atoms with Gasteiger partial charge in [-0.1, -0.05) is 6.92 Å². The van der Waals surface area contributed by atoms with E-state index in [4.69, 9.17) is 10.2 Å². The van der Waals surface area contributed by atoms with E-state index in [0.29, 0.717) is 5.76 Å². The zero-order chi connectivity index (χ0) is 12.2. The van der Waals surface area contributed by atoms with Gasteiger partial charge in [0.15, 0.2) is 0 Å². The topological polar surface area (TPSA) is 42.4 Å². The summed E-state index contributed by atoms with van der Waals surface area (Å²) in [5.74, 6) is 0.466. The Labute approximate surface area is 92.0 Å². The van der Waals surface area contributed by atoms with Gasteiger partial charge in [-0.3, -0.25) is 4.90 Å². The second kappa shape index (κ2) is 5.36.